The summed E-state index contributed by atoms with van der Waals surface area (Å²) in [6, 6.07) is 0. The lowest BCUT2D eigenvalue weighted by Gasteiger charge is -2.07. The van der Waals surface area contributed by atoms with Crippen LogP contribution in [0.1, 0.15) is 37.6 Å². The van der Waals surface area contributed by atoms with E-state index in [4.69, 9.17) is 0 Å². The summed E-state index contributed by atoms with van der Waals surface area (Å²) in [4.78, 5) is 4.44. The molecule has 1 aromatic heterocycles. The second-order valence-corrected chi connectivity index (χ2v) is 4.17. The molecule has 1 aliphatic heterocycles. The zero-order chi connectivity index (χ0) is 10.8. The Morgan fingerprint density at radius 1 is 1.53 bits per heavy atom. The molecule has 0 spiro atoms. The second-order valence-electron chi connectivity index (χ2n) is 4.17. The maximum absolute atomic E-state index is 4.44. The Hall–Kier alpha value is -1.31. The van der Waals surface area contributed by atoms with E-state index >= 15 is 0 Å². The monoisotopic (exact) mass is 202 g/mol. The summed E-state index contributed by atoms with van der Waals surface area (Å²) < 4.78 is 2.24. The van der Waals surface area contributed by atoms with Gasteiger partial charge in [-0.05, 0) is 30.4 Å². The van der Waals surface area contributed by atoms with Gasteiger partial charge in [0.15, 0.2) is 0 Å². The number of aryl methyl sites for hydroxylation is 1. The first-order chi connectivity index (χ1) is 7.24. The van der Waals surface area contributed by atoms with Crippen molar-refractivity contribution < 1.29 is 0 Å². The molecule has 0 amide bonds. The van der Waals surface area contributed by atoms with E-state index in [1.54, 1.807) is 0 Å². The molecule has 2 nitrogen and oxygen atoms in total. The highest BCUT2D eigenvalue weighted by atomic mass is 15.1. The molecule has 0 saturated carbocycles. The molecule has 0 radical (unpaired) electrons. The van der Waals surface area contributed by atoms with Crippen molar-refractivity contribution >= 4 is 5.57 Å². The molecular formula is C13H18N2. The molecule has 2 heterocycles. The van der Waals surface area contributed by atoms with Gasteiger partial charge in [-0.25, -0.2) is 4.98 Å². The Balaban J connectivity index is 2.23. The number of allylic oxidation sites excluding steroid dienone is 2. The zero-order valence-electron chi connectivity index (χ0n) is 9.42. The van der Waals surface area contributed by atoms with Gasteiger partial charge in [-0.2, -0.15) is 0 Å². The van der Waals surface area contributed by atoms with Crippen molar-refractivity contribution in [3.63, 3.8) is 0 Å². The molecule has 0 aromatic carbocycles. The van der Waals surface area contributed by atoms with Crippen molar-refractivity contribution in [3.05, 3.63) is 36.4 Å². The van der Waals surface area contributed by atoms with Crippen molar-refractivity contribution in [1.29, 1.82) is 0 Å². The van der Waals surface area contributed by atoms with Gasteiger partial charge in [0.25, 0.3) is 0 Å². The number of aromatic nitrogens is 2. The Labute approximate surface area is 91.3 Å². The molecule has 80 valence electrons. The number of rotatable bonds is 4. The van der Waals surface area contributed by atoms with Gasteiger partial charge >= 0.3 is 0 Å². The minimum Gasteiger partial charge on any atom is -0.334 e. The lowest BCUT2D eigenvalue weighted by molar-refractivity contribution is 0.741. The van der Waals surface area contributed by atoms with E-state index in [0.29, 0.717) is 0 Å². The molecule has 1 aliphatic rings. The van der Waals surface area contributed by atoms with Crippen LogP contribution in [0.4, 0.5) is 0 Å². The van der Waals surface area contributed by atoms with Crippen LogP contribution >= 0.6 is 0 Å². The van der Waals surface area contributed by atoms with Crippen LogP contribution in [0, 0.1) is 0 Å². The van der Waals surface area contributed by atoms with Gasteiger partial charge in [0, 0.05) is 12.2 Å². The van der Waals surface area contributed by atoms with Gasteiger partial charge in [-0.15, -0.1) is 0 Å². The molecule has 2 rings (SSSR count). The second kappa shape index (κ2) is 4.05. The summed E-state index contributed by atoms with van der Waals surface area (Å²) in [5, 5.41) is 0. The summed E-state index contributed by atoms with van der Waals surface area (Å²) >= 11 is 0. The molecule has 0 N–H and O–H groups in total. The van der Waals surface area contributed by atoms with Crippen LogP contribution in [-0.4, -0.2) is 9.55 Å². The lowest BCUT2D eigenvalue weighted by atomic mass is 10.0. The van der Waals surface area contributed by atoms with Crippen LogP contribution < -0.4 is 0 Å². The largest absolute Gasteiger partial charge is 0.334 e. The third-order valence-electron chi connectivity index (χ3n) is 3.02. The van der Waals surface area contributed by atoms with Crippen molar-refractivity contribution in [2.24, 2.45) is 0 Å². The van der Waals surface area contributed by atoms with Crippen LogP contribution in [0.25, 0.3) is 5.57 Å². The Morgan fingerprint density at radius 3 is 3.07 bits per heavy atom. The van der Waals surface area contributed by atoms with Crippen molar-refractivity contribution in [2.75, 3.05) is 0 Å². The van der Waals surface area contributed by atoms with Gasteiger partial charge in [0.1, 0.15) is 0 Å². The predicted octanol–water partition coefficient (Wildman–Crippen LogP) is 3.20. The van der Waals surface area contributed by atoms with E-state index in [1.807, 2.05) is 6.33 Å². The Kier molecular flexibility index (Phi) is 2.76. The van der Waals surface area contributed by atoms with Crippen LogP contribution in [0.3, 0.4) is 0 Å². The Morgan fingerprint density at radius 2 is 2.33 bits per heavy atom. The zero-order valence-corrected chi connectivity index (χ0v) is 9.42. The highest BCUT2D eigenvalue weighted by molar-refractivity contribution is 5.75. The first-order valence-corrected chi connectivity index (χ1v) is 5.65. The molecule has 0 unspecified atom stereocenters. The van der Waals surface area contributed by atoms with Crippen LogP contribution in [-0.2, 0) is 13.0 Å². The van der Waals surface area contributed by atoms with E-state index in [-0.39, 0.29) is 0 Å². The third kappa shape index (κ3) is 1.76. The van der Waals surface area contributed by atoms with E-state index in [2.05, 4.69) is 29.6 Å². The van der Waals surface area contributed by atoms with E-state index in [0.717, 1.165) is 42.6 Å². The minimum atomic E-state index is 1.02. The molecule has 0 bridgehead atoms. The molecule has 1 aromatic rings. The quantitative estimate of drug-likeness (QED) is 0.685. The summed E-state index contributed by atoms with van der Waals surface area (Å²) in [6.45, 7) is 11.5. The number of imidazole rings is 1. The normalized spacial score (nSPS) is 13.9. The average Bonchev–Trinajstić information content (AvgIpc) is 2.77. The number of hydrogen-bond acceptors (Lipinski definition) is 1. The van der Waals surface area contributed by atoms with E-state index in [1.165, 1.54) is 12.1 Å². The first kappa shape index (κ1) is 10.2. The maximum atomic E-state index is 4.44. The van der Waals surface area contributed by atoms with Crippen LogP contribution in [0.2, 0.25) is 0 Å². The van der Waals surface area contributed by atoms with Crippen molar-refractivity contribution in [2.45, 2.75) is 39.2 Å². The third-order valence-corrected chi connectivity index (χ3v) is 3.02. The fourth-order valence-electron chi connectivity index (χ4n) is 2.15. The summed E-state index contributed by atoms with van der Waals surface area (Å²) in [6.07, 6.45) is 6.44. The van der Waals surface area contributed by atoms with E-state index < -0.39 is 0 Å². The minimum absolute atomic E-state index is 1.02. The number of hydrogen-bond donors (Lipinski definition) is 0. The van der Waals surface area contributed by atoms with Crippen molar-refractivity contribution in [1.82, 2.24) is 9.55 Å². The fraction of sp³-hybridized carbons (Fsp3) is 0.462. The molecule has 15 heavy (non-hydrogen) atoms. The highest BCUT2D eigenvalue weighted by Gasteiger charge is 2.18. The summed E-state index contributed by atoms with van der Waals surface area (Å²) in [5.74, 6) is 0. The molecule has 0 aliphatic carbocycles. The van der Waals surface area contributed by atoms with Crippen LogP contribution in [0.5, 0.6) is 0 Å². The summed E-state index contributed by atoms with van der Waals surface area (Å²) in [5.41, 5.74) is 4.58. The average molecular weight is 202 g/mol. The van der Waals surface area contributed by atoms with Gasteiger partial charge in [0.05, 0.1) is 12.0 Å². The van der Waals surface area contributed by atoms with Gasteiger partial charge in [-0.1, -0.05) is 26.5 Å². The molecule has 2 heteroatoms. The lowest BCUT2D eigenvalue weighted by Crippen LogP contribution is -1.93. The van der Waals surface area contributed by atoms with Gasteiger partial charge in [-0.3, -0.25) is 0 Å². The number of fused-ring (bicyclic) bond motifs is 1. The topological polar surface area (TPSA) is 17.8 Å². The smallest absolute Gasteiger partial charge is 0.0956 e. The standard InChI is InChI=1S/C13H18N2/c1-4-6-10(2)11(3)13-12-7-5-8-15(12)9-14-13/h9H,2-8H2,1H3. The fourth-order valence-corrected chi connectivity index (χ4v) is 2.15. The molecule has 0 fully saturated rings. The maximum Gasteiger partial charge on any atom is 0.0956 e. The predicted molar refractivity (Wildman–Crippen MR) is 63.6 cm³/mol. The van der Waals surface area contributed by atoms with Gasteiger partial charge in [0.2, 0.25) is 0 Å². The SMILES string of the molecule is C=C(CCC)C(=C)c1ncn2c1CCC2. The highest BCUT2D eigenvalue weighted by Crippen LogP contribution is 2.28. The first-order valence-electron chi connectivity index (χ1n) is 5.65. The van der Waals surface area contributed by atoms with E-state index in [9.17, 15) is 0 Å². The van der Waals surface area contributed by atoms with Crippen molar-refractivity contribution in [3.8, 4) is 0 Å². The van der Waals surface area contributed by atoms with Gasteiger partial charge < -0.3 is 4.57 Å². The Bertz CT molecular complexity index is 399. The summed E-state index contributed by atoms with van der Waals surface area (Å²) in [7, 11) is 0. The molecule has 0 atom stereocenters. The molecule has 0 saturated heterocycles. The number of nitrogens with zero attached hydrogens (tertiary/aromatic N) is 2. The van der Waals surface area contributed by atoms with Crippen LogP contribution in [0.15, 0.2) is 25.1 Å². The molecular weight excluding hydrogens is 184 g/mol.